The van der Waals surface area contributed by atoms with Gasteiger partial charge in [-0.1, -0.05) is 6.07 Å². The number of carboxylic acids is 1. The fourth-order valence-electron chi connectivity index (χ4n) is 3.03. The lowest BCUT2D eigenvalue weighted by Gasteiger charge is -2.12. The van der Waals surface area contributed by atoms with Crippen molar-refractivity contribution in [3.05, 3.63) is 29.3 Å². The molecule has 3 N–H and O–H groups in total. The average Bonchev–Trinajstić information content (AvgIpc) is 3.17. The van der Waals surface area contributed by atoms with Crippen LogP contribution in [0.5, 0.6) is 0 Å². The molecule has 3 rings (SSSR count). The molecule has 1 saturated carbocycles. The van der Waals surface area contributed by atoms with Gasteiger partial charge in [0.15, 0.2) is 0 Å². The standard InChI is InChI=1S/C15H19N3O2S/c19-14(20)7-10-3-4-12(6-10)16-8-11-9-17-18-15(11)13-2-1-5-21-13/h1-2,5,9-10,12,16H,3-4,6-8H2,(H,17,18)(H,19,20)/t10-,12+/m1/s1. The predicted octanol–water partition coefficient (Wildman–Crippen LogP) is 2.87. The lowest BCUT2D eigenvalue weighted by molar-refractivity contribution is -0.138. The first-order valence-corrected chi connectivity index (χ1v) is 8.11. The van der Waals surface area contributed by atoms with E-state index >= 15 is 0 Å². The number of aliphatic carboxylic acids is 1. The Balaban J connectivity index is 1.55. The number of H-pyrrole nitrogens is 1. The number of nitrogens with zero attached hydrogens (tertiary/aromatic N) is 1. The summed E-state index contributed by atoms with van der Waals surface area (Å²) in [6, 6.07) is 4.53. The maximum atomic E-state index is 10.8. The molecule has 6 heteroatoms. The van der Waals surface area contributed by atoms with Crippen molar-refractivity contribution in [2.24, 2.45) is 5.92 Å². The van der Waals surface area contributed by atoms with Gasteiger partial charge in [0.05, 0.1) is 16.8 Å². The quantitative estimate of drug-likeness (QED) is 0.767. The molecule has 21 heavy (non-hydrogen) atoms. The molecule has 2 heterocycles. The number of aromatic amines is 1. The zero-order chi connectivity index (χ0) is 14.7. The van der Waals surface area contributed by atoms with Crippen molar-refractivity contribution in [2.75, 3.05) is 0 Å². The van der Waals surface area contributed by atoms with Crippen LogP contribution in [-0.2, 0) is 11.3 Å². The minimum Gasteiger partial charge on any atom is -0.481 e. The summed E-state index contributed by atoms with van der Waals surface area (Å²) >= 11 is 1.70. The van der Waals surface area contributed by atoms with Gasteiger partial charge in [-0.3, -0.25) is 9.89 Å². The van der Waals surface area contributed by atoms with Gasteiger partial charge in [0.25, 0.3) is 0 Å². The molecular formula is C15H19N3O2S. The summed E-state index contributed by atoms with van der Waals surface area (Å²) in [6.07, 6.45) is 5.19. The molecular weight excluding hydrogens is 286 g/mol. The van der Waals surface area contributed by atoms with E-state index in [1.54, 1.807) is 11.3 Å². The predicted molar refractivity (Wildman–Crippen MR) is 82.1 cm³/mol. The Kier molecular flexibility index (Phi) is 4.36. The molecule has 2 aromatic rings. The Hall–Kier alpha value is -1.66. The maximum Gasteiger partial charge on any atom is 0.303 e. The monoisotopic (exact) mass is 305 g/mol. The first-order chi connectivity index (χ1) is 10.2. The van der Waals surface area contributed by atoms with Gasteiger partial charge in [0.2, 0.25) is 0 Å². The van der Waals surface area contributed by atoms with Crippen molar-refractivity contribution in [2.45, 2.75) is 38.3 Å². The fraction of sp³-hybridized carbons (Fsp3) is 0.467. The summed E-state index contributed by atoms with van der Waals surface area (Å²) in [4.78, 5) is 11.9. The molecule has 1 aliphatic rings. The van der Waals surface area contributed by atoms with Crippen LogP contribution in [0.4, 0.5) is 0 Å². The van der Waals surface area contributed by atoms with E-state index in [0.29, 0.717) is 18.4 Å². The molecule has 112 valence electrons. The Morgan fingerprint density at radius 1 is 1.52 bits per heavy atom. The summed E-state index contributed by atoms with van der Waals surface area (Å²) in [5, 5.41) is 21.7. The molecule has 1 fully saturated rings. The van der Waals surface area contributed by atoms with Gasteiger partial charge in [0.1, 0.15) is 0 Å². The minimum absolute atomic E-state index is 0.296. The third kappa shape index (κ3) is 3.51. The van der Waals surface area contributed by atoms with E-state index in [1.807, 2.05) is 12.3 Å². The van der Waals surface area contributed by atoms with E-state index in [1.165, 1.54) is 10.4 Å². The van der Waals surface area contributed by atoms with Crippen LogP contribution in [0.1, 0.15) is 31.2 Å². The summed E-state index contributed by atoms with van der Waals surface area (Å²) in [5.41, 5.74) is 2.25. The van der Waals surface area contributed by atoms with Crippen LogP contribution in [0.2, 0.25) is 0 Å². The van der Waals surface area contributed by atoms with E-state index in [0.717, 1.165) is 31.5 Å². The zero-order valence-corrected chi connectivity index (χ0v) is 12.5. The van der Waals surface area contributed by atoms with Crippen LogP contribution < -0.4 is 5.32 Å². The van der Waals surface area contributed by atoms with Crippen molar-refractivity contribution in [3.63, 3.8) is 0 Å². The normalized spacial score (nSPS) is 21.7. The first-order valence-electron chi connectivity index (χ1n) is 7.23. The second kappa shape index (κ2) is 6.41. The van der Waals surface area contributed by atoms with Crippen molar-refractivity contribution in [1.29, 1.82) is 0 Å². The highest BCUT2D eigenvalue weighted by molar-refractivity contribution is 7.13. The van der Waals surface area contributed by atoms with Crippen LogP contribution in [-0.4, -0.2) is 27.3 Å². The molecule has 0 aromatic carbocycles. The smallest absolute Gasteiger partial charge is 0.303 e. The molecule has 0 amide bonds. The van der Waals surface area contributed by atoms with Gasteiger partial charge in [-0.05, 0) is 36.6 Å². The molecule has 0 radical (unpaired) electrons. The highest BCUT2D eigenvalue weighted by atomic mass is 32.1. The van der Waals surface area contributed by atoms with Crippen molar-refractivity contribution in [3.8, 4) is 10.6 Å². The van der Waals surface area contributed by atoms with E-state index in [2.05, 4.69) is 27.0 Å². The molecule has 0 spiro atoms. The van der Waals surface area contributed by atoms with Gasteiger partial charge >= 0.3 is 5.97 Å². The van der Waals surface area contributed by atoms with Gasteiger partial charge < -0.3 is 10.4 Å². The van der Waals surface area contributed by atoms with Crippen LogP contribution in [0, 0.1) is 5.92 Å². The summed E-state index contributed by atoms with van der Waals surface area (Å²) in [6.45, 7) is 0.772. The number of thiophene rings is 1. The van der Waals surface area contributed by atoms with Crippen LogP contribution >= 0.6 is 11.3 Å². The number of hydrogen-bond acceptors (Lipinski definition) is 4. The molecule has 1 aliphatic carbocycles. The van der Waals surface area contributed by atoms with Crippen molar-refractivity contribution < 1.29 is 9.90 Å². The van der Waals surface area contributed by atoms with Gasteiger partial charge in [-0.15, -0.1) is 11.3 Å². The average molecular weight is 305 g/mol. The van der Waals surface area contributed by atoms with Gasteiger partial charge in [-0.25, -0.2) is 0 Å². The summed E-state index contributed by atoms with van der Waals surface area (Å²) in [7, 11) is 0. The number of rotatable bonds is 6. The topological polar surface area (TPSA) is 78.0 Å². The fourth-order valence-corrected chi connectivity index (χ4v) is 3.78. The number of carboxylic acid groups (broad SMARTS) is 1. The van der Waals surface area contributed by atoms with E-state index in [-0.39, 0.29) is 0 Å². The largest absolute Gasteiger partial charge is 0.481 e. The van der Waals surface area contributed by atoms with Crippen molar-refractivity contribution in [1.82, 2.24) is 15.5 Å². The Morgan fingerprint density at radius 2 is 2.43 bits per heavy atom. The molecule has 2 aromatic heterocycles. The Morgan fingerprint density at radius 3 is 3.19 bits per heavy atom. The van der Waals surface area contributed by atoms with Gasteiger partial charge in [0, 0.05) is 24.6 Å². The van der Waals surface area contributed by atoms with Crippen LogP contribution in [0.15, 0.2) is 23.7 Å². The van der Waals surface area contributed by atoms with E-state index in [9.17, 15) is 4.79 Å². The Labute approximate surface area is 127 Å². The highest BCUT2D eigenvalue weighted by Gasteiger charge is 2.26. The molecule has 0 saturated heterocycles. The second-order valence-electron chi connectivity index (χ2n) is 5.60. The SMILES string of the molecule is O=C(O)C[C@@H]1CC[C@H](NCc2cn[nH]c2-c2cccs2)C1. The number of carbonyl (C=O) groups is 1. The Bertz CT molecular complexity index is 594. The summed E-state index contributed by atoms with van der Waals surface area (Å²) in [5.74, 6) is -0.364. The maximum absolute atomic E-state index is 10.8. The number of aromatic nitrogens is 2. The second-order valence-corrected chi connectivity index (χ2v) is 6.55. The third-order valence-corrected chi connectivity index (χ3v) is 4.96. The van der Waals surface area contributed by atoms with E-state index < -0.39 is 5.97 Å². The molecule has 0 unspecified atom stereocenters. The summed E-state index contributed by atoms with van der Waals surface area (Å²) < 4.78 is 0. The lowest BCUT2D eigenvalue weighted by Crippen LogP contribution is -2.26. The number of nitrogens with one attached hydrogen (secondary N) is 2. The van der Waals surface area contributed by atoms with Crippen molar-refractivity contribution >= 4 is 17.3 Å². The third-order valence-electron chi connectivity index (χ3n) is 4.07. The van der Waals surface area contributed by atoms with Crippen LogP contribution in [0.3, 0.4) is 0 Å². The number of hydrogen-bond donors (Lipinski definition) is 3. The highest BCUT2D eigenvalue weighted by Crippen LogP contribution is 2.29. The first kappa shape index (κ1) is 14.3. The molecule has 0 bridgehead atoms. The lowest BCUT2D eigenvalue weighted by atomic mass is 10.0. The molecule has 0 aliphatic heterocycles. The zero-order valence-electron chi connectivity index (χ0n) is 11.7. The van der Waals surface area contributed by atoms with Gasteiger partial charge in [-0.2, -0.15) is 5.10 Å². The molecule has 5 nitrogen and oxygen atoms in total. The van der Waals surface area contributed by atoms with Crippen LogP contribution in [0.25, 0.3) is 10.6 Å². The molecule has 2 atom stereocenters. The minimum atomic E-state index is -0.685. The van der Waals surface area contributed by atoms with E-state index in [4.69, 9.17) is 5.11 Å².